The number of imidazole rings is 1. The van der Waals surface area contributed by atoms with Gasteiger partial charge in [0.15, 0.2) is 0 Å². The molecule has 1 aromatic carbocycles. The number of fused-ring (bicyclic) bond motifs is 1. The first kappa shape index (κ1) is 18.8. The molecule has 10 heteroatoms. The highest BCUT2D eigenvalue weighted by Gasteiger charge is 2.20. The molecule has 3 aromatic rings. The number of carboxylic acid groups (broad SMARTS) is 1. The quantitative estimate of drug-likeness (QED) is 0.560. The predicted octanol–water partition coefficient (Wildman–Crippen LogP) is 1.41. The van der Waals surface area contributed by atoms with Gasteiger partial charge < -0.3 is 20.3 Å². The number of benzene rings is 1. The first-order valence-electron chi connectivity index (χ1n) is 8.11. The van der Waals surface area contributed by atoms with Gasteiger partial charge in [-0.3, -0.25) is 4.79 Å². The zero-order chi connectivity index (χ0) is 20.4. The maximum atomic E-state index is 12.5. The summed E-state index contributed by atoms with van der Waals surface area (Å²) in [5.74, 6) is -2.94. The standard InChI is InChI=1S/C18H16N4O6/c1-9(10-3-5-11(6-4-10)17(27)28-2)20-15(24)12-7-13(16(25)26)22-14(23)8-19-18(22)21-12/h3-9,23H,1-2H3,(H,20,24)(H,25,26)/t9-/m1/s1. The molecule has 1 amide bonds. The molecule has 0 unspecified atom stereocenters. The van der Waals surface area contributed by atoms with Gasteiger partial charge in [-0.15, -0.1) is 0 Å². The van der Waals surface area contributed by atoms with Crippen molar-refractivity contribution in [2.45, 2.75) is 13.0 Å². The van der Waals surface area contributed by atoms with Crippen LogP contribution in [0.25, 0.3) is 5.78 Å². The molecular weight excluding hydrogens is 368 g/mol. The number of nitrogens with one attached hydrogen (secondary N) is 1. The van der Waals surface area contributed by atoms with Crippen molar-refractivity contribution in [3.63, 3.8) is 0 Å². The summed E-state index contributed by atoms with van der Waals surface area (Å²) in [7, 11) is 1.29. The lowest BCUT2D eigenvalue weighted by Gasteiger charge is -2.15. The maximum Gasteiger partial charge on any atom is 0.353 e. The smallest absolute Gasteiger partial charge is 0.353 e. The first-order valence-corrected chi connectivity index (χ1v) is 8.11. The van der Waals surface area contributed by atoms with Crippen LogP contribution in [-0.2, 0) is 4.74 Å². The Morgan fingerprint density at radius 1 is 1.21 bits per heavy atom. The van der Waals surface area contributed by atoms with Crippen LogP contribution in [0.15, 0.2) is 36.5 Å². The number of methoxy groups -OCH3 is 1. The fraction of sp³-hybridized carbons (Fsp3) is 0.167. The van der Waals surface area contributed by atoms with Crippen LogP contribution in [-0.4, -0.2) is 49.5 Å². The van der Waals surface area contributed by atoms with Crippen LogP contribution in [0, 0.1) is 0 Å². The Balaban J connectivity index is 1.84. The third-order valence-electron chi connectivity index (χ3n) is 4.09. The van der Waals surface area contributed by atoms with Gasteiger partial charge >= 0.3 is 11.9 Å². The highest BCUT2D eigenvalue weighted by atomic mass is 16.5. The van der Waals surface area contributed by atoms with E-state index in [1.54, 1.807) is 31.2 Å². The fourth-order valence-electron chi connectivity index (χ4n) is 2.63. The van der Waals surface area contributed by atoms with Crippen LogP contribution in [0.3, 0.4) is 0 Å². The van der Waals surface area contributed by atoms with Crippen molar-refractivity contribution in [3.8, 4) is 5.88 Å². The number of hydrogen-bond acceptors (Lipinski definition) is 7. The van der Waals surface area contributed by atoms with Crippen molar-refractivity contribution in [2.24, 2.45) is 0 Å². The van der Waals surface area contributed by atoms with Crippen molar-refractivity contribution < 1.29 is 29.3 Å². The van der Waals surface area contributed by atoms with E-state index in [0.29, 0.717) is 5.56 Å². The highest BCUT2D eigenvalue weighted by molar-refractivity contribution is 5.96. The maximum absolute atomic E-state index is 12.5. The Labute approximate surface area is 158 Å². The number of aromatic carboxylic acids is 1. The van der Waals surface area contributed by atoms with Gasteiger partial charge in [0, 0.05) is 6.07 Å². The van der Waals surface area contributed by atoms with Crippen molar-refractivity contribution in [1.29, 1.82) is 0 Å². The average molecular weight is 384 g/mol. The van der Waals surface area contributed by atoms with Gasteiger partial charge in [-0.05, 0) is 24.6 Å². The molecular formula is C18H16N4O6. The molecule has 0 aliphatic rings. The molecule has 0 saturated heterocycles. The number of hydrogen-bond donors (Lipinski definition) is 3. The highest BCUT2D eigenvalue weighted by Crippen LogP contribution is 2.18. The lowest BCUT2D eigenvalue weighted by Crippen LogP contribution is -2.28. The number of aromatic nitrogens is 3. The molecule has 144 valence electrons. The summed E-state index contributed by atoms with van der Waals surface area (Å²) < 4.78 is 5.56. The summed E-state index contributed by atoms with van der Waals surface area (Å²) in [4.78, 5) is 43.2. The second kappa shape index (κ2) is 7.35. The minimum absolute atomic E-state index is 0.113. The minimum atomic E-state index is -1.35. The molecule has 0 bridgehead atoms. The van der Waals surface area contributed by atoms with Crippen molar-refractivity contribution in [1.82, 2.24) is 19.7 Å². The lowest BCUT2D eigenvalue weighted by atomic mass is 10.1. The van der Waals surface area contributed by atoms with E-state index in [1.165, 1.54) is 7.11 Å². The SMILES string of the molecule is COC(=O)c1ccc([C@@H](C)NC(=O)c2cc(C(=O)O)n3c(O)cnc3n2)cc1. The monoisotopic (exact) mass is 384 g/mol. The molecule has 0 saturated carbocycles. The number of rotatable bonds is 5. The topological polar surface area (TPSA) is 143 Å². The third kappa shape index (κ3) is 3.47. The predicted molar refractivity (Wildman–Crippen MR) is 95.3 cm³/mol. The van der Waals surface area contributed by atoms with Crippen LogP contribution in [0.1, 0.15) is 49.9 Å². The number of aromatic hydroxyl groups is 1. The van der Waals surface area contributed by atoms with Gasteiger partial charge in [0.2, 0.25) is 11.7 Å². The zero-order valence-electron chi connectivity index (χ0n) is 14.9. The summed E-state index contributed by atoms with van der Waals surface area (Å²) in [6.07, 6.45) is 1.04. The molecule has 2 aromatic heterocycles. The molecule has 0 spiro atoms. The number of nitrogens with zero attached hydrogens (tertiary/aromatic N) is 3. The molecule has 1 atom stereocenters. The van der Waals surface area contributed by atoms with E-state index in [-0.39, 0.29) is 17.2 Å². The van der Waals surface area contributed by atoms with Crippen LogP contribution in [0.5, 0.6) is 5.88 Å². The van der Waals surface area contributed by atoms with Gasteiger partial charge in [0.25, 0.3) is 5.91 Å². The molecule has 3 rings (SSSR count). The fourth-order valence-corrected chi connectivity index (χ4v) is 2.63. The third-order valence-corrected chi connectivity index (χ3v) is 4.09. The number of ether oxygens (including phenoxy) is 1. The van der Waals surface area contributed by atoms with E-state index in [9.17, 15) is 24.6 Å². The lowest BCUT2D eigenvalue weighted by molar-refractivity contribution is 0.0599. The van der Waals surface area contributed by atoms with E-state index in [4.69, 9.17) is 0 Å². The Kier molecular flexibility index (Phi) is 4.94. The largest absolute Gasteiger partial charge is 0.493 e. The molecule has 2 heterocycles. The van der Waals surface area contributed by atoms with Crippen LogP contribution in [0.4, 0.5) is 0 Å². The minimum Gasteiger partial charge on any atom is -0.493 e. The van der Waals surface area contributed by atoms with Gasteiger partial charge in [-0.2, -0.15) is 0 Å². The molecule has 0 aliphatic heterocycles. The molecule has 0 radical (unpaired) electrons. The van der Waals surface area contributed by atoms with Gasteiger partial charge in [-0.1, -0.05) is 12.1 Å². The summed E-state index contributed by atoms with van der Waals surface area (Å²) in [6.45, 7) is 1.73. The van der Waals surface area contributed by atoms with E-state index < -0.39 is 29.8 Å². The van der Waals surface area contributed by atoms with E-state index in [1.807, 2.05) is 0 Å². The van der Waals surface area contributed by atoms with Crippen molar-refractivity contribution in [2.75, 3.05) is 7.11 Å². The van der Waals surface area contributed by atoms with Gasteiger partial charge in [0.1, 0.15) is 11.4 Å². The Morgan fingerprint density at radius 3 is 2.50 bits per heavy atom. The van der Waals surface area contributed by atoms with Crippen molar-refractivity contribution >= 4 is 23.6 Å². The van der Waals surface area contributed by atoms with E-state index in [2.05, 4.69) is 20.0 Å². The second-order valence-corrected chi connectivity index (χ2v) is 5.89. The number of esters is 1. The second-order valence-electron chi connectivity index (χ2n) is 5.89. The molecule has 0 aliphatic carbocycles. The average Bonchev–Trinajstić information content (AvgIpc) is 3.07. The Morgan fingerprint density at radius 2 is 1.89 bits per heavy atom. The van der Waals surface area contributed by atoms with E-state index in [0.717, 1.165) is 22.2 Å². The number of amides is 1. The van der Waals surface area contributed by atoms with Crippen molar-refractivity contribution in [3.05, 3.63) is 59.0 Å². The Hall–Kier alpha value is -3.95. The summed E-state index contributed by atoms with van der Waals surface area (Å²) in [6, 6.07) is 7.10. The van der Waals surface area contributed by atoms with Gasteiger partial charge in [0.05, 0.1) is 24.9 Å². The summed E-state index contributed by atoms with van der Waals surface area (Å²) >= 11 is 0. The molecule has 3 N–H and O–H groups in total. The number of carbonyl (C=O) groups excluding carboxylic acids is 2. The summed E-state index contributed by atoms with van der Waals surface area (Å²) in [5, 5.41) is 21.7. The van der Waals surface area contributed by atoms with Gasteiger partial charge in [-0.25, -0.2) is 24.0 Å². The molecule has 10 nitrogen and oxygen atoms in total. The number of carbonyl (C=O) groups is 3. The normalized spacial score (nSPS) is 11.8. The Bertz CT molecular complexity index is 1070. The number of carboxylic acids is 1. The van der Waals surface area contributed by atoms with Crippen LogP contribution >= 0.6 is 0 Å². The van der Waals surface area contributed by atoms with E-state index >= 15 is 0 Å². The van der Waals surface area contributed by atoms with Crippen LogP contribution < -0.4 is 5.32 Å². The molecule has 28 heavy (non-hydrogen) atoms. The zero-order valence-corrected chi connectivity index (χ0v) is 14.9. The first-order chi connectivity index (χ1) is 13.3. The molecule has 0 fully saturated rings. The summed E-state index contributed by atoms with van der Waals surface area (Å²) in [5.41, 5.74) is 0.592. The van der Waals surface area contributed by atoms with Crippen LogP contribution in [0.2, 0.25) is 0 Å².